The largest absolute Gasteiger partial charge is 0.465 e. The minimum atomic E-state index is -0.551. The summed E-state index contributed by atoms with van der Waals surface area (Å²) < 4.78 is 33.8. The van der Waals surface area contributed by atoms with E-state index in [2.05, 4.69) is 14.9 Å². The van der Waals surface area contributed by atoms with Crippen LogP contribution in [0.15, 0.2) is 29.4 Å². The first kappa shape index (κ1) is 24.0. The zero-order valence-corrected chi connectivity index (χ0v) is 18.4. The van der Waals surface area contributed by atoms with Crippen LogP contribution in [-0.2, 0) is 33.1 Å². The zero-order valence-electron chi connectivity index (χ0n) is 17.5. The Morgan fingerprint density at radius 3 is 2.47 bits per heavy atom. The van der Waals surface area contributed by atoms with Crippen LogP contribution < -0.4 is 4.74 Å². The Balaban J connectivity index is 0.00000101. The third-order valence-electron chi connectivity index (χ3n) is 3.90. The Morgan fingerprint density at radius 1 is 1.17 bits per heavy atom. The number of fused-ring (bicyclic) bond motifs is 1. The van der Waals surface area contributed by atoms with Gasteiger partial charge in [-0.3, -0.25) is 0 Å². The monoisotopic (exact) mass is 438 g/mol. The van der Waals surface area contributed by atoms with Crippen molar-refractivity contribution < 1.29 is 28.1 Å². The SMILES string of the molecule is CC(C)(C)OC(=O)COc1nc(SCc2ccc([18F])cc2)nc2c1CCC2.CO[18F]. The summed E-state index contributed by atoms with van der Waals surface area (Å²) >= 11 is 1.46. The number of esters is 1. The molecule has 1 heterocycles. The lowest BCUT2D eigenvalue weighted by atomic mass is 10.2. The molecule has 1 aromatic carbocycles. The molecular formula is C21H26F2N2O4S. The molecule has 0 saturated carbocycles. The van der Waals surface area contributed by atoms with Crippen molar-refractivity contribution in [3.8, 4) is 5.88 Å². The molecule has 1 aromatic heterocycles. The molecule has 1 aliphatic carbocycles. The van der Waals surface area contributed by atoms with E-state index in [-0.39, 0.29) is 12.4 Å². The molecule has 6 nitrogen and oxygen atoms in total. The molecule has 0 unspecified atom stereocenters. The van der Waals surface area contributed by atoms with Gasteiger partial charge >= 0.3 is 5.97 Å². The predicted octanol–water partition coefficient (Wildman–Crippen LogP) is 4.63. The van der Waals surface area contributed by atoms with Crippen LogP contribution >= 0.6 is 11.8 Å². The first-order valence-corrected chi connectivity index (χ1v) is 10.5. The van der Waals surface area contributed by atoms with Crippen molar-refractivity contribution in [3.05, 3.63) is 46.9 Å². The van der Waals surface area contributed by atoms with Gasteiger partial charge in [-0.05, 0) is 62.3 Å². The molecule has 2 aromatic rings. The second kappa shape index (κ2) is 11.2. The third kappa shape index (κ3) is 7.87. The first-order chi connectivity index (χ1) is 14.2. The van der Waals surface area contributed by atoms with Crippen LogP contribution in [0, 0.1) is 5.82 Å². The lowest BCUT2D eigenvalue weighted by Crippen LogP contribution is -2.27. The highest BCUT2D eigenvalue weighted by molar-refractivity contribution is 7.98. The zero-order chi connectivity index (χ0) is 22.1. The van der Waals surface area contributed by atoms with Crippen molar-refractivity contribution in [2.24, 2.45) is 0 Å². The molecule has 0 bridgehead atoms. The van der Waals surface area contributed by atoms with Gasteiger partial charge in [0.05, 0.1) is 12.8 Å². The van der Waals surface area contributed by atoms with Gasteiger partial charge in [-0.2, -0.15) is 9.93 Å². The van der Waals surface area contributed by atoms with Gasteiger partial charge in [0.2, 0.25) is 5.88 Å². The van der Waals surface area contributed by atoms with Gasteiger partial charge in [-0.25, -0.2) is 14.2 Å². The van der Waals surface area contributed by atoms with E-state index >= 15 is 0 Å². The maximum atomic E-state index is 13.0. The average molecular weight is 439 g/mol. The summed E-state index contributed by atoms with van der Waals surface area (Å²) in [4.78, 5) is 23.8. The van der Waals surface area contributed by atoms with E-state index in [1.54, 1.807) is 12.1 Å². The van der Waals surface area contributed by atoms with Gasteiger partial charge in [-0.15, -0.1) is 0 Å². The first-order valence-electron chi connectivity index (χ1n) is 9.48. The number of aryl methyl sites for hydroxylation is 1. The van der Waals surface area contributed by atoms with Gasteiger partial charge in [-0.1, -0.05) is 23.9 Å². The van der Waals surface area contributed by atoms with Gasteiger partial charge < -0.3 is 9.47 Å². The molecule has 3 rings (SSSR count). The molecule has 0 saturated heterocycles. The van der Waals surface area contributed by atoms with E-state index in [1.165, 1.54) is 23.9 Å². The molecule has 0 spiro atoms. The molecule has 0 aliphatic heterocycles. The van der Waals surface area contributed by atoms with Crippen LogP contribution in [0.2, 0.25) is 0 Å². The number of hydrogen-bond acceptors (Lipinski definition) is 7. The second-order valence-electron chi connectivity index (χ2n) is 7.53. The van der Waals surface area contributed by atoms with Crippen LogP contribution in [0.5, 0.6) is 5.88 Å². The summed E-state index contributed by atoms with van der Waals surface area (Å²) in [5, 5.41) is 0.596. The van der Waals surface area contributed by atoms with Crippen LogP contribution in [0.3, 0.4) is 0 Å². The highest BCUT2D eigenvalue weighted by atomic mass is 32.2. The molecule has 1 aliphatic rings. The molecule has 0 fully saturated rings. The fourth-order valence-electron chi connectivity index (χ4n) is 2.79. The fourth-order valence-corrected chi connectivity index (χ4v) is 3.60. The summed E-state index contributed by atoms with van der Waals surface area (Å²) in [7, 11) is 0.958. The van der Waals surface area contributed by atoms with Crippen molar-refractivity contribution in [1.29, 1.82) is 0 Å². The molecule has 164 valence electrons. The lowest BCUT2D eigenvalue weighted by Gasteiger charge is -2.19. The molecule has 0 radical (unpaired) electrons. The highest BCUT2D eigenvalue weighted by Gasteiger charge is 2.22. The summed E-state index contributed by atoms with van der Waals surface area (Å²) in [5.41, 5.74) is 2.39. The minimum absolute atomic E-state index is 0.178. The van der Waals surface area contributed by atoms with E-state index in [4.69, 9.17) is 9.47 Å². The molecule has 0 atom stereocenters. The maximum absolute atomic E-state index is 13.0. The van der Waals surface area contributed by atoms with Crippen molar-refractivity contribution >= 4 is 17.7 Å². The molecule has 0 N–H and O–H groups in total. The number of carbonyl (C=O) groups excluding carboxylic acids is 1. The summed E-state index contributed by atoms with van der Waals surface area (Å²) in [6, 6.07) is 6.37. The van der Waals surface area contributed by atoms with Gasteiger partial charge in [0.25, 0.3) is 0 Å². The van der Waals surface area contributed by atoms with E-state index in [0.717, 1.165) is 43.2 Å². The summed E-state index contributed by atoms with van der Waals surface area (Å²) in [5.74, 6) is 0.415. The van der Waals surface area contributed by atoms with Crippen LogP contribution in [-0.4, -0.2) is 35.3 Å². The Bertz CT molecular complexity index is 842. The Kier molecular flexibility index (Phi) is 8.98. The number of rotatable bonds is 6. The molecule has 9 heteroatoms. The maximum Gasteiger partial charge on any atom is 0.344 e. The number of aromatic nitrogens is 2. The van der Waals surface area contributed by atoms with Crippen LogP contribution in [0.4, 0.5) is 8.92 Å². The smallest absolute Gasteiger partial charge is 0.344 e. The highest BCUT2D eigenvalue weighted by Crippen LogP contribution is 2.31. The van der Waals surface area contributed by atoms with Crippen LogP contribution in [0.25, 0.3) is 0 Å². The van der Waals surface area contributed by atoms with E-state index in [0.29, 0.717) is 16.8 Å². The van der Waals surface area contributed by atoms with Crippen molar-refractivity contribution in [1.82, 2.24) is 9.97 Å². The Hall–Kier alpha value is -2.26. The second-order valence-corrected chi connectivity index (χ2v) is 8.48. The number of halogens is 2. The Labute approximate surface area is 179 Å². The summed E-state index contributed by atoms with van der Waals surface area (Å²) in [6.07, 6.45) is 2.73. The standard InChI is InChI=1S/C20H23FN2O3S.CH3FO/c1-20(2,3)26-17(24)11-25-18-15-5-4-6-16(15)22-19(23-18)27-12-13-7-9-14(21)10-8-13;1-3-2/h7-10H,4-6,11-12H2,1-3H3;1H3/i21-1;2-1. The number of ether oxygens (including phenoxy) is 2. The van der Waals surface area contributed by atoms with E-state index in [9.17, 15) is 13.7 Å². The van der Waals surface area contributed by atoms with Crippen molar-refractivity contribution in [2.45, 2.75) is 56.5 Å². The average Bonchev–Trinajstić information content (AvgIpc) is 3.14. The quantitative estimate of drug-likeness (QED) is 0.370. The number of nitrogens with zero attached hydrogens (tertiary/aromatic N) is 2. The number of hydrogen-bond donors (Lipinski definition) is 0. The number of carbonyl (C=O) groups is 1. The minimum Gasteiger partial charge on any atom is -0.465 e. The lowest BCUT2D eigenvalue weighted by molar-refractivity contribution is -0.157. The van der Waals surface area contributed by atoms with Gasteiger partial charge in [0, 0.05) is 11.3 Å². The Morgan fingerprint density at radius 2 is 1.83 bits per heavy atom. The topological polar surface area (TPSA) is 70.5 Å². The number of benzene rings is 1. The molecule has 0 amide bonds. The van der Waals surface area contributed by atoms with Gasteiger partial charge in [0.15, 0.2) is 11.8 Å². The third-order valence-corrected chi connectivity index (χ3v) is 4.82. The van der Waals surface area contributed by atoms with Gasteiger partial charge in [0.1, 0.15) is 11.4 Å². The van der Waals surface area contributed by atoms with Crippen molar-refractivity contribution in [3.63, 3.8) is 0 Å². The molecule has 30 heavy (non-hydrogen) atoms. The van der Waals surface area contributed by atoms with E-state index in [1.807, 2.05) is 20.8 Å². The van der Waals surface area contributed by atoms with E-state index < -0.39 is 11.6 Å². The van der Waals surface area contributed by atoms with Crippen LogP contribution in [0.1, 0.15) is 44.0 Å². The normalized spacial score (nSPS) is 12.6. The predicted molar refractivity (Wildman–Crippen MR) is 109 cm³/mol. The fraction of sp³-hybridized carbons (Fsp3) is 0.476. The molecular weight excluding hydrogens is 412 g/mol. The number of thioether (sulfide) groups is 1. The summed E-state index contributed by atoms with van der Waals surface area (Å²) in [6.45, 7) is 5.27. The van der Waals surface area contributed by atoms with Crippen molar-refractivity contribution in [2.75, 3.05) is 13.7 Å².